The maximum Gasteiger partial charge on any atom is 0.160 e. The molecule has 5 heteroatoms. The fourth-order valence-electron chi connectivity index (χ4n) is 0.909. The minimum Gasteiger partial charge on any atom is -0.229 e. The van der Waals surface area contributed by atoms with Crippen LogP contribution in [0.25, 0.3) is 10.2 Å². The smallest absolute Gasteiger partial charge is 0.160 e. The molecule has 1 aromatic heterocycles. The minimum absolute atomic E-state index is 0.149. The molecule has 0 atom stereocenters. The van der Waals surface area contributed by atoms with Gasteiger partial charge >= 0.3 is 0 Å². The normalized spacial score (nSPS) is 10.9. The summed E-state index contributed by atoms with van der Waals surface area (Å²) in [6.45, 7) is 0. The highest BCUT2D eigenvalue weighted by Gasteiger charge is 2.08. The maximum absolute atomic E-state index is 12.9. The van der Waals surface area contributed by atoms with Gasteiger partial charge in [-0.05, 0) is 28.1 Å². The van der Waals surface area contributed by atoms with Crippen molar-refractivity contribution in [3.63, 3.8) is 0 Å². The molecule has 62 valence electrons. The highest BCUT2D eigenvalue weighted by atomic mass is 79.9. The van der Waals surface area contributed by atoms with E-state index in [0.29, 0.717) is 8.62 Å². The average Bonchev–Trinajstić information content (AvgIpc) is 2.39. The van der Waals surface area contributed by atoms with E-state index in [1.54, 1.807) is 6.07 Å². The van der Waals surface area contributed by atoms with Gasteiger partial charge in [-0.25, -0.2) is 9.37 Å². The number of hydrogen-bond acceptors (Lipinski definition) is 2. The molecular weight excluding hydrogens is 265 g/mol. The summed E-state index contributed by atoms with van der Waals surface area (Å²) in [4.78, 5) is 4.10. The molecule has 0 saturated heterocycles. The first-order valence-electron chi connectivity index (χ1n) is 3.08. The third kappa shape index (κ3) is 1.24. The lowest BCUT2D eigenvalue weighted by molar-refractivity contribution is 0.630. The minimum atomic E-state index is -0.402. The molecule has 12 heavy (non-hydrogen) atoms. The molecule has 0 spiro atoms. The predicted octanol–water partition coefficient (Wildman–Crippen LogP) is 3.85. The molecule has 0 aliphatic heterocycles. The Hall–Kier alpha value is -0.190. The van der Waals surface area contributed by atoms with E-state index < -0.39 is 5.82 Å². The Labute approximate surface area is 85.3 Å². The second kappa shape index (κ2) is 2.94. The van der Waals surface area contributed by atoms with E-state index in [9.17, 15) is 4.39 Å². The first-order chi connectivity index (χ1) is 5.68. The van der Waals surface area contributed by atoms with Crippen molar-refractivity contribution >= 4 is 49.1 Å². The van der Waals surface area contributed by atoms with Crippen molar-refractivity contribution in [2.45, 2.75) is 0 Å². The summed E-state index contributed by atoms with van der Waals surface area (Å²) in [5.41, 5.74) is 0.721. The zero-order chi connectivity index (χ0) is 8.72. The van der Waals surface area contributed by atoms with Gasteiger partial charge in [-0.3, -0.25) is 0 Å². The van der Waals surface area contributed by atoms with Gasteiger partial charge in [0.1, 0.15) is 5.82 Å². The first kappa shape index (κ1) is 8.41. The van der Waals surface area contributed by atoms with Gasteiger partial charge in [0, 0.05) is 0 Å². The number of nitrogens with zero attached hydrogens (tertiary/aromatic N) is 1. The molecule has 0 bridgehead atoms. The molecule has 1 aromatic carbocycles. The third-order valence-electron chi connectivity index (χ3n) is 1.42. The van der Waals surface area contributed by atoms with Gasteiger partial charge in [0.15, 0.2) is 3.92 Å². The molecule has 0 unspecified atom stereocenters. The van der Waals surface area contributed by atoms with Gasteiger partial charge in [0.2, 0.25) is 0 Å². The van der Waals surface area contributed by atoms with Crippen LogP contribution in [-0.4, -0.2) is 4.98 Å². The Morgan fingerprint density at radius 3 is 3.00 bits per heavy atom. The van der Waals surface area contributed by atoms with Crippen LogP contribution in [0.2, 0.25) is 5.02 Å². The number of thiazole rings is 1. The molecule has 0 aliphatic carbocycles. The SMILES string of the molecule is Fc1ccc2nc(Br)sc2c1Cl. The average molecular weight is 267 g/mol. The van der Waals surface area contributed by atoms with Crippen LogP contribution in [0, 0.1) is 5.82 Å². The number of hydrogen-bond donors (Lipinski definition) is 0. The van der Waals surface area contributed by atoms with Gasteiger partial charge in [-0.1, -0.05) is 11.6 Å². The van der Waals surface area contributed by atoms with Crippen molar-refractivity contribution in [3.05, 3.63) is 26.9 Å². The summed E-state index contributed by atoms with van der Waals surface area (Å²) in [6.07, 6.45) is 0. The number of benzene rings is 1. The van der Waals surface area contributed by atoms with E-state index in [2.05, 4.69) is 20.9 Å². The van der Waals surface area contributed by atoms with Crippen molar-refractivity contribution in [2.24, 2.45) is 0 Å². The Morgan fingerprint density at radius 1 is 1.50 bits per heavy atom. The van der Waals surface area contributed by atoms with Gasteiger partial charge in [0.25, 0.3) is 0 Å². The van der Waals surface area contributed by atoms with E-state index in [0.717, 1.165) is 5.52 Å². The second-order valence-corrected chi connectivity index (χ2v) is 4.83. The Kier molecular flexibility index (Phi) is 2.06. The monoisotopic (exact) mass is 265 g/mol. The van der Waals surface area contributed by atoms with E-state index >= 15 is 0 Å². The highest BCUT2D eigenvalue weighted by Crippen LogP contribution is 2.33. The van der Waals surface area contributed by atoms with Gasteiger partial charge in [0.05, 0.1) is 15.2 Å². The number of aromatic nitrogens is 1. The summed E-state index contributed by atoms with van der Waals surface area (Å²) in [5, 5.41) is 0.149. The zero-order valence-corrected chi connectivity index (χ0v) is 8.80. The molecule has 0 fully saturated rings. The van der Waals surface area contributed by atoms with Crippen molar-refractivity contribution in [1.82, 2.24) is 4.98 Å². The van der Waals surface area contributed by atoms with Gasteiger partial charge in [-0.15, -0.1) is 11.3 Å². The van der Waals surface area contributed by atoms with Crippen molar-refractivity contribution < 1.29 is 4.39 Å². The van der Waals surface area contributed by atoms with Crippen LogP contribution in [0.1, 0.15) is 0 Å². The number of rotatable bonds is 0. The van der Waals surface area contributed by atoms with Crippen LogP contribution in [0.4, 0.5) is 4.39 Å². The van der Waals surface area contributed by atoms with E-state index in [-0.39, 0.29) is 5.02 Å². The van der Waals surface area contributed by atoms with Crippen LogP contribution in [-0.2, 0) is 0 Å². The standard InChI is InChI=1S/C7H2BrClFNS/c8-7-11-4-2-1-3(10)5(9)6(4)12-7/h1-2H. The molecular formula is C7H2BrClFNS. The van der Waals surface area contributed by atoms with Crippen LogP contribution < -0.4 is 0 Å². The second-order valence-electron chi connectivity index (χ2n) is 2.18. The first-order valence-corrected chi connectivity index (χ1v) is 5.07. The summed E-state index contributed by atoms with van der Waals surface area (Å²) in [5.74, 6) is -0.402. The molecule has 1 nitrogen and oxygen atoms in total. The Balaban J connectivity index is 2.89. The molecule has 1 heterocycles. The van der Waals surface area contributed by atoms with Gasteiger partial charge < -0.3 is 0 Å². The molecule has 0 aliphatic rings. The fourth-order valence-corrected chi connectivity index (χ4v) is 2.58. The molecule has 0 N–H and O–H groups in total. The summed E-state index contributed by atoms with van der Waals surface area (Å²) >= 11 is 10.3. The lowest BCUT2D eigenvalue weighted by Gasteiger charge is -1.92. The lowest BCUT2D eigenvalue weighted by atomic mass is 10.3. The maximum atomic E-state index is 12.9. The fraction of sp³-hybridized carbons (Fsp3) is 0. The van der Waals surface area contributed by atoms with Crippen LogP contribution in [0.3, 0.4) is 0 Å². The Bertz CT molecular complexity index is 442. The van der Waals surface area contributed by atoms with Crippen LogP contribution >= 0.6 is 38.9 Å². The molecule has 2 aromatic rings. The molecule has 0 amide bonds. The van der Waals surface area contributed by atoms with Crippen molar-refractivity contribution in [2.75, 3.05) is 0 Å². The summed E-state index contributed by atoms with van der Waals surface area (Å²) in [6, 6.07) is 2.93. The van der Waals surface area contributed by atoms with Crippen LogP contribution in [0.15, 0.2) is 16.0 Å². The van der Waals surface area contributed by atoms with Crippen LogP contribution in [0.5, 0.6) is 0 Å². The number of fused-ring (bicyclic) bond motifs is 1. The lowest BCUT2D eigenvalue weighted by Crippen LogP contribution is -1.75. The predicted molar refractivity (Wildman–Crippen MR) is 52.3 cm³/mol. The van der Waals surface area contributed by atoms with Gasteiger partial charge in [-0.2, -0.15) is 0 Å². The summed E-state index contributed by atoms with van der Waals surface area (Å²) < 4.78 is 14.3. The zero-order valence-electron chi connectivity index (χ0n) is 5.64. The Morgan fingerprint density at radius 2 is 2.25 bits per heavy atom. The van der Waals surface area contributed by atoms with E-state index in [1.807, 2.05) is 0 Å². The number of halogens is 3. The molecule has 0 saturated carbocycles. The molecule has 2 rings (SSSR count). The molecule has 0 radical (unpaired) electrons. The quantitative estimate of drug-likeness (QED) is 0.706. The van der Waals surface area contributed by atoms with Crippen molar-refractivity contribution in [1.29, 1.82) is 0 Å². The third-order valence-corrected chi connectivity index (χ3v) is 3.45. The largest absolute Gasteiger partial charge is 0.229 e. The van der Waals surface area contributed by atoms with Crippen molar-refractivity contribution in [3.8, 4) is 0 Å². The summed E-state index contributed by atoms with van der Waals surface area (Å²) in [7, 11) is 0. The van der Waals surface area contributed by atoms with E-state index in [4.69, 9.17) is 11.6 Å². The van der Waals surface area contributed by atoms with E-state index in [1.165, 1.54) is 17.4 Å². The topological polar surface area (TPSA) is 12.9 Å². The highest BCUT2D eigenvalue weighted by molar-refractivity contribution is 9.11.